The van der Waals surface area contributed by atoms with Crippen LogP contribution in [0.1, 0.15) is 18.1 Å². The molecule has 10 nitrogen and oxygen atoms in total. The lowest BCUT2D eigenvalue weighted by Crippen LogP contribution is -2.52. The van der Waals surface area contributed by atoms with Crippen LogP contribution in [-0.4, -0.2) is 45.0 Å². The summed E-state index contributed by atoms with van der Waals surface area (Å²) in [5, 5.41) is 24.4. The van der Waals surface area contributed by atoms with Gasteiger partial charge < -0.3 is 30.4 Å². The number of aromatic nitrogens is 1. The molecule has 10 heteroatoms. The third-order valence-corrected chi connectivity index (χ3v) is 4.80. The van der Waals surface area contributed by atoms with E-state index in [0.29, 0.717) is 4.73 Å². The van der Waals surface area contributed by atoms with Gasteiger partial charge in [0.1, 0.15) is 18.7 Å². The van der Waals surface area contributed by atoms with Crippen LogP contribution in [-0.2, 0) is 27.4 Å². The number of hydrogen-bond donors (Lipinski definition) is 4. The summed E-state index contributed by atoms with van der Waals surface area (Å²) >= 11 is 0. The van der Waals surface area contributed by atoms with Crippen LogP contribution in [0.15, 0.2) is 72.8 Å². The van der Waals surface area contributed by atoms with E-state index in [1.54, 1.807) is 42.5 Å². The number of alkyl carbamates (subject to hydrolysis) is 1. The molecule has 0 bridgehead atoms. The minimum absolute atomic E-state index is 0.0355. The maximum Gasteiger partial charge on any atom is 0.408 e. The first-order chi connectivity index (χ1) is 16.3. The molecule has 0 radical (unpaired) electrons. The molecular formula is C24H25N3O7. The zero-order valence-corrected chi connectivity index (χ0v) is 18.4. The molecule has 0 unspecified atom stereocenters. The highest BCUT2D eigenvalue weighted by molar-refractivity contribution is 5.89. The Labute approximate surface area is 195 Å². The van der Waals surface area contributed by atoms with Crippen molar-refractivity contribution in [3.63, 3.8) is 0 Å². The van der Waals surface area contributed by atoms with Crippen LogP contribution in [0.25, 0.3) is 0 Å². The molecular weight excluding hydrogens is 442 g/mol. The average molecular weight is 467 g/mol. The highest BCUT2D eigenvalue weighted by Gasteiger charge is 2.28. The fourth-order valence-electron chi connectivity index (χ4n) is 3.00. The van der Waals surface area contributed by atoms with E-state index >= 15 is 0 Å². The Bertz CT molecular complexity index is 1100. The molecule has 0 saturated carbocycles. The third-order valence-electron chi connectivity index (χ3n) is 4.80. The second kappa shape index (κ2) is 11.4. The first-order valence-corrected chi connectivity index (χ1v) is 10.5. The van der Waals surface area contributed by atoms with E-state index in [9.17, 15) is 24.6 Å². The molecule has 0 spiro atoms. The molecule has 0 aliphatic carbocycles. The van der Waals surface area contributed by atoms with Crippen molar-refractivity contribution in [2.45, 2.75) is 32.0 Å². The molecule has 0 fully saturated rings. The van der Waals surface area contributed by atoms with Crippen molar-refractivity contribution in [3.05, 3.63) is 83.9 Å². The minimum atomic E-state index is -1.18. The number of carbonyl (C=O) groups is 3. The van der Waals surface area contributed by atoms with Crippen molar-refractivity contribution in [1.29, 1.82) is 0 Å². The summed E-state index contributed by atoms with van der Waals surface area (Å²) in [5.74, 6) is -2.58. The van der Waals surface area contributed by atoms with Gasteiger partial charge in [0.15, 0.2) is 0 Å². The molecule has 178 valence electrons. The fraction of sp³-hybridized carbons (Fsp3) is 0.208. The van der Waals surface area contributed by atoms with Crippen LogP contribution in [0.4, 0.5) is 4.79 Å². The van der Waals surface area contributed by atoms with E-state index in [0.717, 1.165) is 23.3 Å². The van der Waals surface area contributed by atoms with Crippen molar-refractivity contribution >= 4 is 18.0 Å². The largest absolute Gasteiger partial charge is 0.492 e. The number of rotatable bonds is 9. The molecule has 0 aliphatic rings. The van der Waals surface area contributed by atoms with Gasteiger partial charge in [0.25, 0.3) is 0 Å². The highest BCUT2D eigenvalue weighted by atomic mass is 16.7. The molecule has 2 amide bonds. The first-order valence-electron chi connectivity index (χ1n) is 10.5. The topological polar surface area (TPSA) is 139 Å². The zero-order valence-electron chi connectivity index (χ0n) is 18.4. The summed E-state index contributed by atoms with van der Waals surface area (Å²) in [5.41, 5.74) is 1.52. The Balaban J connectivity index is 1.62. The number of carbonyl (C=O) groups excluding carboxylic acids is 3. The fourth-order valence-corrected chi connectivity index (χ4v) is 3.00. The summed E-state index contributed by atoms with van der Waals surface area (Å²) < 4.78 is 5.65. The number of nitrogens with one attached hydrogen (secondary N) is 2. The van der Waals surface area contributed by atoms with E-state index in [1.165, 1.54) is 6.92 Å². The second-order valence-corrected chi connectivity index (χ2v) is 7.43. The molecule has 1 heterocycles. The van der Waals surface area contributed by atoms with E-state index in [4.69, 9.17) is 9.57 Å². The van der Waals surface area contributed by atoms with Crippen molar-refractivity contribution < 1.29 is 34.2 Å². The predicted octanol–water partition coefficient (Wildman–Crippen LogP) is 1.90. The number of aromatic hydroxyl groups is 2. The molecule has 2 aromatic carbocycles. The molecule has 4 N–H and O–H groups in total. The Kier molecular flexibility index (Phi) is 8.11. The third kappa shape index (κ3) is 6.76. The quantitative estimate of drug-likeness (QED) is 0.377. The van der Waals surface area contributed by atoms with Gasteiger partial charge in [-0.15, -0.1) is 4.73 Å². The molecule has 3 rings (SSSR count). The summed E-state index contributed by atoms with van der Waals surface area (Å²) in [6.45, 7) is 1.47. The van der Waals surface area contributed by atoms with E-state index in [-0.39, 0.29) is 13.0 Å². The smallest absolute Gasteiger partial charge is 0.408 e. The van der Waals surface area contributed by atoms with Gasteiger partial charge in [0.2, 0.25) is 17.7 Å². The number of amides is 2. The second-order valence-electron chi connectivity index (χ2n) is 7.43. The minimum Gasteiger partial charge on any atom is -0.492 e. The monoisotopic (exact) mass is 467 g/mol. The van der Waals surface area contributed by atoms with Crippen LogP contribution in [0.2, 0.25) is 0 Å². The van der Waals surface area contributed by atoms with Gasteiger partial charge in [0, 0.05) is 18.6 Å². The summed E-state index contributed by atoms with van der Waals surface area (Å²) in [7, 11) is 0. The number of nitrogens with zero attached hydrogens (tertiary/aromatic N) is 1. The lowest BCUT2D eigenvalue weighted by atomic mass is 10.1. The van der Waals surface area contributed by atoms with E-state index in [2.05, 4.69) is 10.6 Å². The van der Waals surface area contributed by atoms with Crippen LogP contribution in [0.5, 0.6) is 11.8 Å². The molecule has 1 aromatic heterocycles. The summed E-state index contributed by atoms with van der Waals surface area (Å²) in [4.78, 5) is 42.6. The average Bonchev–Trinajstić information content (AvgIpc) is 3.15. The van der Waals surface area contributed by atoms with E-state index in [1.807, 2.05) is 18.2 Å². The van der Waals surface area contributed by atoms with Crippen molar-refractivity contribution in [3.8, 4) is 11.8 Å². The Morgan fingerprint density at radius 1 is 0.853 bits per heavy atom. The highest BCUT2D eigenvalue weighted by Crippen LogP contribution is 2.19. The summed E-state index contributed by atoms with van der Waals surface area (Å²) in [6.07, 6.45) is -0.727. The molecule has 0 saturated heterocycles. The van der Waals surface area contributed by atoms with Gasteiger partial charge in [0.05, 0.1) is 0 Å². The van der Waals surface area contributed by atoms with Crippen molar-refractivity contribution in [2.75, 3.05) is 0 Å². The Hall–Kier alpha value is -4.47. The first kappa shape index (κ1) is 24.2. The lowest BCUT2D eigenvalue weighted by Gasteiger charge is -2.21. The van der Waals surface area contributed by atoms with Gasteiger partial charge in [-0.1, -0.05) is 60.7 Å². The number of hydrogen-bond acceptors (Lipinski definition) is 7. The lowest BCUT2D eigenvalue weighted by molar-refractivity contribution is -0.149. The van der Waals surface area contributed by atoms with Crippen molar-refractivity contribution in [1.82, 2.24) is 15.4 Å². The Morgan fingerprint density at radius 2 is 1.41 bits per heavy atom. The van der Waals surface area contributed by atoms with Gasteiger partial charge >= 0.3 is 12.1 Å². The maximum absolute atomic E-state index is 12.8. The Morgan fingerprint density at radius 3 is 2.00 bits per heavy atom. The van der Waals surface area contributed by atoms with Gasteiger partial charge in [-0.05, 0) is 18.1 Å². The van der Waals surface area contributed by atoms with Crippen LogP contribution < -0.4 is 15.5 Å². The summed E-state index contributed by atoms with van der Waals surface area (Å²) in [6, 6.07) is 18.0. The number of benzene rings is 2. The number of ether oxygens (including phenoxy) is 1. The van der Waals surface area contributed by atoms with Gasteiger partial charge in [-0.2, -0.15) is 0 Å². The molecule has 2 atom stereocenters. The maximum atomic E-state index is 12.8. The SMILES string of the molecule is C[C@H](NC(=O)OCc1ccccc1)C(=O)N[C@@H](Cc1ccccc1)C(=O)On1c(O)ccc1O. The zero-order chi connectivity index (χ0) is 24.5. The normalized spacial score (nSPS) is 12.3. The molecule has 0 aliphatic heterocycles. The van der Waals surface area contributed by atoms with Crippen LogP contribution in [0.3, 0.4) is 0 Å². The van der Waals surface area contributed by atoms with Crippen LogP contribution in [0, 0.1) is 0 Å². The predicted molar refractivity (Wildman–Crippen MR) is 121 cm³/mol. The molecule has 34 heavy (non-hydrogen) atoms. The van der Waals surface area contributed by atoms with Crippen molar-refractivity contribution in [2.24, 2.45) is 0 Å². The molecule has 3 aromatic rings. The van der Waals surface area contributed by atoms with Gasteiger partial charge in [-0.3, -0.25) is 4.79 Å². The van der Waals surface area contributed by atoms with Crippen LogP contribution >= 0.6 is 0 Å². The van der Waals surface area contributed by atoms with Gasteiger partial charge in [-0.25, -0.2) is 9.59 Å². The van der Waals surface area contributed by atoms with E-state index < -0.39 is 41.8 Å². The standard InChI is InChI=1S/C24H25N3O7/c1-16(25-24(32)33-15-18-10-6-3-7-11-18)22(30)26-19(14-17-8-4-2-5-9-17)23(31)34-27-20(28)12-13-21(27)29/h2-13,16,19,28-29H,14-15H2,1H3,(H,25,32)(H,26,30)/t16-,19-/m0/s1.